The van der Waals surface area contributed by atoms with Gasteiger partial charge in [0.15, 0.2) is 0 Å². The Labute approximate surface area is 146 Å². The molecule has 1 aromatic heterocycles. The van der Waals surface area contributed by atoms with Crippen molar-refractivity contribution in [2.75, 3.05) is 17.7 Å². The van der Waals surface area contributed by atoms with E-state index >= 15 is 0 Å². The summed E-state index contributed by atoms with van der Waals surface area (Å²) in [6, 6.07) is 8.46. The van der Waals surface area contributed by atoms with Crippen molar-refractivity contribution in [3.05, 3.63) is 59.6 Å². The third-order valence-corrected chi connectivity index (χ3v) is 3.54. The number of hydrogen-bond donors (Lipinski definition) is 2. The van der Waals surface area contributed by atoms with E-state index in [0.29, 0.717) is 18.0 Å². The number of nitrogens with two attached hydrogens (primary N) is 1. The van der Waals surface area contributed by atoms with Gasteiger partial charge in [-0.3, -0.25) is 4.79 Å². The van der Waals surface area contributed by atoms with Gasteiger partial charge in [0.25, 0.3) is 5.91 Å². The molecule has 25 heavy (non-hydrogen) atoms. The number of nitrogen functional groups attached to an aromatic ring is 1. The fraction of sp³-hybridized carbons (Fsp3) is 0.263. The van der Waals surface area contributed by atoms with E-state index in [0.717, 1.165) is 12.8 Å². The zero-order valence-corrected chi connectivity index (χ0v) is 14.4. The second-order valence-electron chi connectivity index (χ2n) is 5.57. The summed E-state index contributed by atoms with van der Waals surface area (Å²) in [5, 5.41) is 2.72. The largest absolute Gasteiger partial charge is 0.494 e. The van der Waals surface area contributed by atoms with Crippen molar-refractivity contribution in [3.63, 3.8) is 0 Å². The quantitative estimate of drug-likeness (QED) is 0.451. The first-order chi connectivity index (χ1) is 12.0. The van der Waals surface area contributed by atoms with E-state index in [1.165, 1.54) is 13.0 Å². The number of carbonyl (C=O) groups is 1. The molecule has 0 radical (unpaired) electrons. The molecule has 2 aromatic rings. The number of carbonyl (C=O) groups excluding carboxylic acids is 1. The Kier molecular flexibility index (Phi) is 6.51. The van der Waals surface area contributed by atoms with Gasteiger partial charge in [-0.05, 0) is 44.9 Å². The molecule has 0 aliphatic carbocycles. The van der Waals surface area contributed by atoms with Crippen LogP contribution in [-0.4, -0.2) is 17.5 Å². The van der Waals surface area contributed by atoms with Gasteiger partial charge in [-0.1, -0.05) is 18.2 Å². The summed E-state index contributed by atoms with van der Waals surface area (Å²) in [6.07, 6.45) is 5.97. The van der Waals surface area contributed by atoms with Gasteiger partial charge in [0.1, 0.15) is 11.6 Å². The Morgan fingerprint density at radius 3 is 2.96 bits per heavy atom. The van der Waals surface area contributed by atoms with Crippen molar-refractivity contribution in [3.8, 4) is 5.75 Å². The number of benzene rings is 1. The molecule has 0 atom stereocenters. The van der Waals surface area contributed by atoms with E-state index in [1.807, 2.05) is 19.1 Å². The minimum Gasteiger partial charge on any atom is -0.494 e. The fourth-order valence-electron chi connectivity index (χ4n) is 2.21. The lowest BCUT2D eigenvalue weighted by molar-refractivity contribution is 0.102. The fourth-order valence-corrected chi connectivity index (χ4v) is 2.21. The molecule has 0 fully saturated rings. The van der Waals surface area contributed by atoms with Crippen molar-refractivity contribution in [1.82, 2.24) is 4.98 Å². The minimum atomic E-state index is -0.678. The SMILES string of the molecule is CC=CCCCOc1cccc(NC(=O)c2cc(C)c(F)nc2N)c1. The lowest BCUT2D eigenvalue weighted by atomic mass is 10.1. The highest BCUT2D eigenvalue weighted by Gasteiger charge is 2.14. The Hall–Kier alpha value is -2.89. The van der Waals surface area contributed by atoms with E-state index in [1.54, 1.807) is 18.2 Å². The number of nitrogens with zero attached hydrogens (tertiary/aromatic N) is 1. The normalized spacial score (nSPS) is 10.8. The predicted molar refractivity (Wildman–Crippen MR) is 97.3 cm³/mol. The van der Waals surface area contributed by atoms with Crippen molar-refractivity contribution in [2.45, 2.75) is 26.7 Å². The second kappa shape index (κ2) is 8.82. The monoisotopic (exact) mass is 343 g/mol. The highest BCUT2D eigenvalue weighted by atomic mass is 19.1. The number of nitrogens with one attached hydrogen (secondary N) is 1. The third kappa shape index (κ3) is 5.31. The van der Waals surface area contributed by atoms with Crippen LogP contribution < -0.4 is 15.8 Å². The van der Waals surface area contributed by atoms with Gasteiger partial charge in [0.05, 0.1) is 12.2 Å². The first-order valence-electron chi connectivity index (χ1n) is 8.09. The van der Waals surface area contributed by atoms with Crippen molar-refractivity contribution >= 4 is 17.4 Å². The van der Waals surface area contributed by atoms with Gasteiger partial charge in [-0.2, -0.15) is 4.39 Å². The lowest BCUT2D eigenvalue weighted by Gasteiger charge is -2.10. The molecular formula is C19H22FN3O2. The predicted octanol–water partition coefficient (Wildman–Crippen LogP) is 4.10. The Balaban J connectivity index is 2.01. The molecule has 5 nitrogen and oxygen atoms in total. The first-order valence-corrected chi connectivity index (χ1v) is 8.09. The number of rotatable bonds is 7. The maximum absolute atomic E-state index is 13.4. The number of unbranched alkanes of at least 4 members (excludes halogenated alkanes) is 1. The number of allylic oxidation sites excluding steroid dienone is 2. The van der Waals surface area contributed by atoms with Crippen LogP contribution in [0.5, 0.6) is 5.75 Å². The molecule has 0 aliphatic heterocycles. The molecule has 0 saturated carbocycles. The topological polar surface area (TPSA) is 77.2 Å². The lowest BCUT2D eigenvalue weighted by Crippen LogP contribution is -2.16. The van der Waals surface area contributed by atoms with Crippen LogP contribution in [0.3, 0.4) is 0 Å². The molecule has 3 N–H and O–H groups in total. The van der Waals surface area contributed by atoms with Crippen LogP contribution in [0, 0.1) is 12.9 Å². The highest BCUT2D eigenvalue weighted by Crippen LogP contribution is 2.20. The molecule has 0 unspecified atom stereocenters. The molecule has 1 amide bonds. The number of hydrogen-bond acceptors (Lipinski definition) is 4. The Morgan fingerprint density at radius 2 is 2.20 bits per heavy atom. The smallest absolute Gasteiger partial charge is 0.259 e. The number of amides is 1. The molecule has 2 rings (SSSR count). The van der Waals surface area contributed by atoms with Crippen molar-refractivity contribution < 1.29 is 13.9 Å². The maximum Gasteiger partial charge on any atom is 0.259 e. The average Bonchev–Trinajstić information content (AvgIpc) is 2.58. The van der Waals surface area contributed by atoms with Crippen LogP contribution in [0.2, 0.25) is 0 Å². The summed E-state index contributed by atoms with van der Waals surface area (Å²) >= 11 is 0. The van der Waals surface area contributed by atoms with Gasteiger partial charge in [-0.15, -0.1) is 0 Å². The number of pyridine rings is 1. The van der Waals surface area contributed by atoms with Crippen LogP contribution in [0.1, 0.15) is 35.7 Å². The molecule has 1 aromatic carbocycles. The Bertz CT molecular complexity index is 775. The average molecular weight is 343 g/mol. The van der Waals surface area contributed by atoms with Crippen LogP contribution in [0.15, 0.2) is 42.5 Å². The van der Waals surface area contributed by atoms with Gasteiger partial charge >= 0.3 is 0 Å². The first kappa shape index (κ1) is 18.4. The van der Waals surface area contributed by atoms with Gasteiger partial charge in [0.2, 0.25) is 5.95 Å². The number of halogens is 1. The van der Waals surface area contributed by atoms with Crippen molar-refractivity contribution in [1.29, 1.82) is 0 Å². The van der Waals surface area contributed by atoms with Gasteiger partial charge in [0, 0.05) is 17.3 Å². The van der Waals surface area contributed by atoms with Crippen molar-refractivity contribution in [2.24, 2.45) is 0 Å². The summed E-state index contributed by atoms with van der Waals surface area (Å²) in [6.45, 7) is 4.11. The van der Waals surface area contributed by atoms with E-state index in [4.69, 9.17) is 10.5 Å². The van der Waals surface area contributed by atoms with E-state index < -0.39 is 11.9 Å². The van der Waals surface area contributed by atoms with Crippen LogP contribution in [0.4, 0.5) is 15.9 Å². The van der Waals surface area contributed by atoms with Gasteiger partial charge < -0.3 is 15.8 Å². The summed E-state index contributed by atoms with van der Waals surface area (Å²) in [5.41, 5.74) is 6.60. The Morgan fingerprint density at radius 1 is 1.40 bits per heavy atom. The number of aromatic nitrogens is 1. The molecule has 132 valence electrons. The number of ether oxygens (including phenoxy) is 1. The highest BCUT2D eigenvalue weighted by molar-refractivity contribution is 6.07. The molecule has 0 bridgehead atoms. The van der Waals surface area contributed by atoms with E-state index in [2.05, 4.69) is 16.4 Å². The van der Waals surface area contributed by atoms with Crippen LogP contribution in [-0.2, 0) is 0 Å². The maximum atomic E-state index is 13.4. The zero-order chi connectivity index (χ0) is 18.2. The van der Waals surface area contributed by atoms with Crippen LogP contribution in [0.25, 0.3) is 0 Å². The standard InChI is InChI=1S/C19H22FN3O2/c1-3-4-5-6-10-25-15-9-7-8-14(12-15)22-19(24)16-11-13(2)17(20)23-18(16)21/h3-4,7-9,11-12H,5-6,10H2,1-2H3,(H2,21,23)(H,22,24). The zero-order valence-electron chi connectivity index (χ0n) is 14.4. The third-order valence-electron chi connectivity index (χ3n) is 3.54. The summed E-state index contributed by atoms with van der Waals surface area (Å²) in [5.74, 6) is -0.600. The number of anilines is 2. The summed E-state index contributed by atoms with van der Waals surface area (Å²) in [7, 11) is 0. The molecule has 0 spiro atoms. The molecule has 0 aliphatic rings. The van der Waals surface area contributed by atoms with Gasteiger partial charge in [-0.25, -0.2) is 4.98 Å². The molecule has 6 heteroatoms. The molecule has 1 heterocycles. The van der Waals surface area contributed by atoms with E-state index in [-0.39, 0.29) is 16.9 Å². The second-order valence-corrected chi connectivity index (χ2v) is 5.57. The molecular weight excluding hydrogens is 321 g/mol. The summed E-state index contributed by atoms with van der Waals surface area (Å²) < 4.78 is 19.0. The summed E-state index contributed by atoms with van der Waals surface area (Å²) in [4.78, 5) is 15.9. The van der Waals surface area contributed by atoms with E-state index in [9.17, 15) is 9.18 Å². The van der Waals surface area contributed by atoms with Crippen LogP contribution >= 0.6 is 0 Å². The molecule has 0 saturated heterocycles. The minimum absolute atomic E-state index is 0.136. The number of aryl methyl sites for hydroxylation is 1.